The van der Waals surface area contributed by atoms with Gasteiger partial charge in [0.15, 0.2) is 0 Å². The standard InChI is InChI=1S/C18H45Cl3N2Si4/c1-24(2,3)22(16-14-18-27(19,20)21)15-12-10-11-13-17-23(25(4,5)6)26(7,8)9/h10-18H2,1-9H3. The molecule has 0 radical (unpaired) electrons. The average molecular weight is 508 g/mol. The third-order valence-electron chi connectivity index (χ3n) is 5.02. The van der Waals surface area contributed by atoms with Crippen LogP contribution in [0.3, 0.4) is 0 Å². The predicted molar refractivity (Wildman–Crippen MR) is 140 cm³/mol. The maximum atomic E-state index is 6.05. The van der Waals surface area contributed by atoms with Crippen LogP contribution in [0.15, 0.2) is 0 Å². The first-order chi connectivity index (χ1) is 11.9. The molecule has 0 aromatic rings. The highest BCUT2D eigenvalue weighted by Crippen LogP contribution is 2.27. The highest BCUT2D eigenvalue weighted by Gasteiger charge is 2.33. The third-order valence-corrected chi connectivity index (χ3v) is 17.7. The summed E-state index contributed by atoms with van der Waals surface area (Å²) in [6, 6.07) is -1.69. The van der Waals surface area contributed by atoms with Gasteiger partial charge in [-0.05, 0) is 44.9 Å². The van der Waals surface area contributed by atoms with Gasteiger partial charge in [-0.3, -0.25) is 0 Å². The number of rotatable bonds is 14. The first-order valence-electron chi connectivity index (χ1n) is 10.5. The molecular formula is C18H45Cl3N2Si4. The topological polar surface area (TPSA) is 6.48 Å². The molecule has 0 unspecified atom stereocenters. The Morgan fingerprint density at radius 1 is 0.519 bits per heavy atom. The summed E-state index contributed by atoms with van der Waals surface area (Å²) in [7, 11) is -3.70. The zero-order valence-electron chi connectivity index (χ0n) is 19.4. The minimum absolute atomic E-state index is 0.780. The summed E-state index contributed by atoms with van der Waals surface area (Å²) in [5.74, 6) is 0. The van der Waals surface area contributed by atoms with Crippen LogP contribution in [-0.2, 0) is 0 Å². The molecule has 0 aromatic heterocycles. The van der Waals surface area contributed by atoms with Crippen molar-refractivity contribution in [2.75, 3.05) is 19.6 Å². The van der Waals surface area contributed by atoms with Crippen LogP contribution in [0.4, 0.5) is 0 Å². The van der Waals surface area contributed by atoms with E-state index in [1.807, 2.05) is 0 Å². The van der Waals surface area contributed by atoms with Gasteiger partial charge in [0, 0.05) is 0 Å². The SMILES string of the molecule is C[Si](C)(C)N(CCCCCCN([Si](C)(C)C)[Si](C)(C)C)CCC[Si](Cl)(Cl)Cl. The fourth-order valence-electron chi connectivity index (χ4n) is 3.86. The number of nitrogens with zero attached hydrogens (tertiary/aromatic N) is 2. The molecule has 164 valence electrons. The van der Waals surface area contributed by atoms with Crippen LogP contribution in [0.1, 0.15) is 32.1 Å². The fourth-order valence-corrected chi connectivity index (χ4v) is 17.0. The van der Waals surface area contributed by atoms with Crippen molar-refractivity contribution in [3.8, 4) is 0 Å². The minimum atomic E-state index is -2.47. The molecule has 0 heterocycles. The molecule has 0 aliphatic carbocycles. The van der Waals surface area contributed by atoms with Crippen LogP contribution in [0, 0.1) is 0 Å². The molecule has 0 saturated heterocycles. The van der Waals surface area contributed by atoms with Crippen molar-refractivity contribution < 1.29 is 0 Å². The Balaban J connectivity index is 4.27. The Morgan fingerprint density at radius 3 is 1.30 bits per heavy atom. The van der Waals surface area contributed by atoms with Gasteiger partial charge in [-0.15, -0.1) is 33.2 Å². The van der Waals surface area contributed by atoms with E-state index in [1.54, 1.807) is 0 Å². The third kappa shape index (κ3) is 14.3. The Morgan fingerprint density at radius 2 is 0.926 bits per heavy atom. The van der Waals surface area contributed by atoms with E-state index in [-0.39, 0.29) is 0 Å². The lowest BCUT2D eigenvalue weighted by Gasteiger charge is -2.43. The van der Waals surface area contributed by atoms with Crippen LogP contribution in [0.5, 0.6) is 0 Å². The second kappa shape index (κ2) is 11.9. The van der Waals surface area contributed by atoms with Crippen molar-refractivity contribution >= 4 is 63.9 Å². The van der Waals surface area contributed by atoms with Crippen LogP contribution in [0.25, 0.3) is 0 Å². The van der Waals surface area contributed by atoms with Crippen LogP contribution < -0.4 is 0 Å². The van der Waals surface area contributed by atoms with E-state index in [9.17, 15) is 0 Å². The molecule has 0 aliphatic rings. The quantitative estimate of drug-likeness (QED) is 0.135. The first-order valence-corrected chi connectivity index (χ1v) is 26.1. The van der Waals surface area contributed by atoms with Crippen molar-refractivity contribution in [2.45, 2.75) is 97.1 Å². The van der Waals surface area contributed by atoms with Crippen LogP contribution >= 0.6 is 33.2 Å². The highest BCUT2D eigenvalue weighted by atomic mass is 35.8. The highest BCUT2D eigenvalue weighted by molar-refractivity contribution is 7.64. The molecule has 0 spiro atoms. The Hall–Kier alpha value is 1.66. The molecule has 0 aliphatic heterocycles. The van der Waals surface area contributed by atoms with Gasteiger partial charge >= 0.3 is 6.00 Å². The fraction of sp³-hybridized carbons (Fsp3) is 1.00. The zero-order valence-corrected chi connectivity index (χ0v) is 25.7. The summed E-state index contributed by atoms with van der Waals surface area (Å²) in [4.78, 5) is 0. The molecule has 9 heteroatoms. The summed E-state index contributed by atoms with van der Waals surface area (Å²) in [5, 5.41) is 0. The first kappa shape index (κ1) is 28.7. The van der Waals surface area contributed by atoms with Crippen molar-refractivity contribution in [3.05, 3.63) is 0 Å². The Labute approximate surface area is 188 Å². The average Bonchev–Trinajstić information content (AvgIpc) is 2.38. The molecular weight excluding hydrogens is 463 g/mol. The van der Waals surface area contributed by atoms with Gasteiger partial charge in [-0.1, -0.05) is 71.8 Å². The lowest BCUT2D eigenvalue weighted by Crippen LogP contribution is -2.59. The predicted octanol–water partition coefficient (Wildman–Crippen LogP) is 7.70. The Bertz CT molecular complexity index is 399. The van der Waals surface area contributed by atoms with E-state index < -0.39 is 30.7 Å². The zero-order chi connectivity index (χ0) is 21.5. The number of hydrogen-bond acceptors (Lipinski definition) is 2. The smallest absolute Gasteiger partial charge is 0.341 e. The van der Waals surface area contributed by atoms with Gasteiger partial charge in [0.1, 0.15) is 24.7 Å². The summed E-state index contributed by atoms with van der Waals surface area (Å²) < 4.78 is 5.61. The van der Waals surface area contributed by atoms with Gasteiger partial charge in [0.25, 0.3) is 0 Å². The summed E-state index contributed by atoms with van der Waals surface area (Å²) in [5.41, 5.74) is 0. The van der Waals surface area contributed by atoms with Crippen molar-refractivity contribution in [1.29, 1.82) is 0 Å². The van der Waals surface area contributed by atoms with Crippen LogP contribution in [0.2, 0.25) is 65.0 Å². The van der Waals surface area contributed by atoms with E-state index in [0.717, 1.165) is 19.0 Å². The summed E-state index contributed by atoms with van der Waals surface area (Å²) >= 11 is 18.1. The lowest BCUT2D eigenvalue weighted by molar-refractivity contribution is 0.401. The largest absolute Gasteiger partial charge is 0.346 e. The number of unbranched alkanes of at least 4 members (excludes halogenated alkanes) is 3. The monoisotopic (exact) mass is 506 g/mol. The van der Waals surface area contributed by atoms with Gasteiger partial charge < -0.3 is 8.80 Å². The molecule has 0 rings (SSSR count). The normalized spacial score (nSPS) is 14.4. The Kier molecular flexibility index (Phi) is 12.6. The molecule has 27 heavy (non-hydrogen) atoms. The van der Waals surface area contributed by atoms with Gasteiger partial charge in [0.05, 0.1) is 0 Å². The molecule has 0 N–H and O–H groups in total. The molecule has 0 atom stereocenters. The maximum absolute atomic E-state index is 6.05. The van der Waals surface area contributed by atoms with Crippen LogP contribution in [-0.4, -0.2) is 59.1 Å². The number of halogens is 3. The summed E-state index contributed by atoms with van der Waals surface area (Å²) in [6.45, 7) is 25.9. The molecule has 0 saturated carbocycles. The van der Waals surface area contributed by atoms with Gasteiger partial charge in [-0.25, -0.2) is 0 Å². The van der Waals surface area contributed by atoms with Gasteiger partial charge in [-0.2, -0.15) is 0 Å². The minimum Gasteiger partial charge on any atom is -0.346 e. The molecule has 0 fully saturated rings. The molecule has 0 amide bonds. The van der Waals surface area contributed by atoms with Crippen molar-refractivity contribution in [1.82, 2.24) is 8.80 Å². The summed E-state index contributed by atoms with van der Waals surface area (Å²) in [6.07, 6.45) is 6.36. The van der Waals surface area contributed by atoms with Crippen molar-refractivity contribution in [3.63, 3.8) is 0 Å². The molecule has 0 aromatic carbocycles. The van der Waals surface area contributed by atoms with Crippen molar-refractivity contribution in [2.24, 2.45) is 0 Å². The number of hydrogen-bond donors (Lipinski definition) is 0. The lowest BCUT2D eigenvalue weighted by atomic mass is 10.2. The second-order valence-corrected chi connectivity index (χ2v) is 35.2. The van der Waals surface area contributed by atoms with E-state index in [0.29, 0.717) is 0 Å². The second-order valence-electron chi connectivity index (χ2n) is 10.8. The maximum Gasteiger partial charge on any atom is 0.341 e. The van der Waals surface area contributed by atoms with E-state index in [4.69, 9.17) is 33.2 Å². The molecule has 2 nitrogen and oxygen atoms in total. The van der Waals surface area contributed by atoms with E-state index in [2.05, 4.69) is 67.7 Å². The van der Waals surface area contributed by atoms with E-state index >= 15 is 0 Å². The van der Waals surface area contributed by atoms with Gasteiger partial charge in [0.2, 0.25) is 0 Å². The molecule has 0 bridgehead atoms. The van der Waals surface area contributed by atoms with E-state index in [1.165, 1.54) is 38.8 Å².